The maximum absolute atomic E-state index is 11.9. The van der Waals surface area contributed by atoms with Crippen molar-refractivity contribution in [1.29, 1.82) is 0 Å². The van der Waals surface area contributed by atoms with Crippen LogP contribution in [-0.4, -0.2) is 29.9 Å². The van der Waals surface area contributed by atoms with Crippen molar-refractivity contribution in [2.45, 2.75) is 31.3 Å². The van der Waals surface area contributed by atoms with Gasteiger partial charge in [-0.2, -0.15) is 0 Å². The van der Waals surface area contributed by atoms with Crippen LogP contribution in [-0.2, 0) is 9.59 Å². The van der Waals surface area contributed by atoms with E-state index in [4.69, 9.17) is 4.74 Å². The fraction of sp³-hybridized carbons (Fsp3) is 0.500. The van der Waals surface area contributed by atoms with Crippen molar-refractivity contribution in [3.8, 4) is 5.88 Å². The zero-order valence-corrected chi connectivity index (χ0v) is 11.3. The van der Waals surface area contributed by atoms with Gasteiger partial charge >= 0.3 is 0 Å². The molecule has 1 saturated carbocycles. The predicted molar refractivity (Wildman–Crippen MR) is 70.9 cm³/mol. The first kappa shape index (κ1) is 12.9. The SMILES string of the molecule is COc1cc(C2NC(=O)CC2NC(=O)C2CC2)ccn1. The third-order valence-corrected chi connectivity index (χ3v) is 3.73. The lowest BCUT2D eigenvalue weighted by atomic mass is 10.0. The zero-order valence-electron chi connectivity index (χ0n) is 11.3. The van der Waals surface area contributed by atoms with Crippen molar-refractivity contribution >= 4 is 11.8 Å². The van der Waals surface area contributed by atoms with Crippen LogP contribution in [0.5, 0.6) is 5.88 Å². The molecule has 6 heteroatoms. The topological polar surface area (TPSA) is 80.3 Å². The average molecular weight is 275 g/mol. The largest absolute Gasteiger partial charge is 0.481 e. The molecule has 0 spiro atoms. The molecule has 0 radical (unpaired) electrons. The lowest BCUT2D eigenvalue weighted by Gasteiger charge is -2.20. The number of nitrogens with zero attached hydrogens (tertiary/aromatic N) is 1. The summed E-state index contributed by atoms with van der Waals surface area (Å²) in [4.78, 5) is 27.6. The van der Waals surface area contributed by atoms with Gasteiger partial charge in [0.1, 0.15) is 0 Å². The summed E-state index contributed by atoms with van der Waals surface area (Å²) < 4.78 is 5.09. The Morgan fingerprint density at radius 3 is 3.00 bits per heavy atom. The number of hydrogen-bond acceptors (Lipinski definition) is 4. The Bertz CT molecular complexity index is 542. The van der Waals surface area contributed by atoms with Gasteiger partial charge in [0.15, 0.2) is 0 Å². The smallest absolute Gasteiger partial charge is 0.223 e. The first-order valence-corrected chi connectivity index (χ1v) is 6.77. The van der Waals surface area contributed by atoms with Crippen LogP contribution in [0.15, 0.2) is 18.3 Å². The number of methoxy groups -OCH3 is 1. The number of rotatable bonds is 4. The highest BCUT2D eigenvalue weighted by atomic mass is 16.5. The first-order valence-electron chi connectivity index (χ1n) is 6.77. The summed E-state index contributed by atoms with van der Waals surface area (Å²) in [5.41, 5.74) is 0.892. The molecule has 1 aromatic heterocycles. The Hall–Kier alpha value is -2.11. The number of nitrogens with one attached hydrogen (secondary N) is 2. The molecule has 20 heavy (non-hydrogen) atoms. The molecule has 2 aliphatic rings. The molecule has 106 valence electrons. The highest BCUT2D eigenvalue weighted by Crippen LogP contribution is 2.31. The van der Waals surface area contributed by atoms with Crippen LogP contribution in [0.1, 0.15) is 30.9 Å². The molecule has 0 aromatic carbocycles. The van der Waals surface area contributed by atoms with E-state index >= 15 is 0 Å². The molecule has 1 aliphatic heterocycles. The van der Waals surface area contributed by atoms with Crippen LogP contribution in [0.2, 0.25) is 0 Å². The van der Waals surface area contributed by atoms with Gasteiger partial charge in [0.2, 0.25) is 17.7 Å². The fourth-order valence-electron chi connectivity index (χ4n) is 2.48. The molecule has 2 unspecified atom stereocenters. The van der Waals surface area contributed by atoms with Gasteiger partial charge < -0.3 is 15.4 Å². The molecule has 6 nitrogen and oxygen atoms in total. The number of aromatic nitrogens is 1. The third kappa shape index (κ3) is 2.59. The number of hydrogen-bond donors (Lipinski definition) is 2. The van der Waals surface area contributed by atoms with Crippen molar-refractivity contribution in [2.75, 3.05) is 7.11 Å². The quantitative estimate of drug-likeness (QED) is 0.840. The standard InChI is InChI=1S/C14H17N3O3/c1-20-12-6-9(4-5-15-12)13-10(7-11(18)17-13)16-14(19)8-2-3-8/h4-6,8,10,13H,2-3,7H2,1H3,(H,16,19)(H,17,18). The van der Waals surface area contributed by atoms with Gasteiger partial charge in [0.25, 0.3) is 0 Å². The van der Waals surface area contributed by atoms with E-state index < -0.39 is 0 Å². The normalized spacial score (nSPS) is 25.1. The summed E-state index contributed by atoms with van der Waals surface area (Å²) >= 11 is 0. The van der Waals surface area contributed by atoms with Crippen LogP contribution >= 0.6 is 0 Å². The second kappa shape index (κ2) is 5.11. The molecule has 0 bridgehead atoms. The molecular formula is C14H17N3O3. The van der Waals surface area contributed by atoms with Crippen molar-refractivity contribution in [2.24, 2.45) is 5.92 Å². The predicted octanol–water partition coefficient (Wildman–Crippen LogP) is 0.546. The van der Waals surface area contributed by atoms with E-state index in [-0.39, 0.29) is 29.8 Å². The first-order chi connectivity index (χ1) is 9.67. The van der Waals surface area contributed by atoms with Gasteiger partial charge in [-0.15, -0.1) is 0 Å². The minimum atomic E-state index is -0.220. The number of ether oxygens (including phenoxy) is 1. The van der Waals surface area contributed by atoms with E-state index in [0.717, 1.165) is 18.4 Å². The van der Waals surface area contributed by atoms with Crippen LogP contribution in [0.25, 0.3) is 0 Å². The molecule has 2 N–H and O–H groups in total. The van der Waals surface area contributed by atoms with E-state index in [9.17, 15) is 9.59 Å². The van der Waals surface area contributed by atoms with Gasteiger partial charge in [0.05, 0.1) is 19.2 Å². The van der Waals surface area contributed by atoms with Gasteiger partial charge in [-0.25, -0.2) is 4.98 Å². The van der Waals surface area contributed by atoms with Crippen molar-refractivity contribution in [1.82, 2.24) is 15.6 Å². The van der Waals surface area contributed by atoms with Gasteiger partial charge in [-0.1, -0.05) is 0 Å². The molecule has 1 saturated heterocycles. The van der Waals surface area contributed by atoms with Crippen LogP contribution < -0.4 is 15.4 Å². The minimum absolute atomic E-state index is 0.0492. The summed E-state index contributed by atoms with van der Waals surface area (Å²) in [5.74, 6) is 0.638. The van der Waals surface area contributed by atoms with E-state index in [1.54, 1.807) is 19.4 Å². The summed E-state index contributed by atoms with van der Waals surface area (Å²) in [6.07, 6.45) is 3.85. The van der Waals surface area contributed by atoms with Crippen LogP contribution in [0.3, 0.4) is 0 Å². The summed E-state index contributed by atoms with van der Waals surface area (Å²) in [6.45, 7) is 0. The lowest BCUT2D eigenvalue weighted by Crippen LogP contribution is -2.39. The number of carbonyl (C=O) groups excluding carboxylic acids is 2. The minimum Gasteiger partial charge on any atom is -0.481 e. The van der Waals surface area contributed by atoms with E-state index in [1.165, 1.54) is 0 Å². The van der Waals surface area contributed by atoms with Crippen LogP contribution in [0.4, 0.5) is 0 Å². The van der Waals surface area contributed by atoms with E-state index in [2.05, 4.69) is 15.6 Å². The van der Waals surface area contributed by atoms with Gasteiger partial charge in [0, 0.05) is 24.6 Å². The third-order valence-electron chi connectivity index (χ3n) is 3.73. The monoisotopic (exact) mass is 275 g/mol. The number of carbonyl (C=O) groups is 2. The Morgan fingerprint density at radius 2 is 2.30 bits per heavy atom. The van der Waals surface area contributed by atoms with Gasteiger partial charge in [-0.3, -0.25) is 9.59 Å². The maximum atomic E-state index is 11.9. The molecule has 3 rings (SSSR count). The zero-order chi connectivity index (χ0) is 14.1. The Labute approximate surface area is 116 Å². The molecule has 2 atom stereocenters. The van der Waals surface area contributed by atoms with Crippen molar-refractivity contribution in [3.63, 3.8) is 0 Å². The van der Waals surface area contributed by atoms with E-state index in [0.29, 0.717) is 12.3 Å². The molecule has 1 aromatic rings. The second-order valence-electron chi connectivity index (χ2n) is 5.27. The Kier molecular flexibility index (Phi) is 3.30. The van der Waals surface area contributed by atoms with Crippen molar-refractivity contribution < 1.29 is 14.3 Å². The Morgan fingerprint density at radius 1 is 1.50 bits per heavy atom. The lowest BCUT2D eigenvalue weighted by molar-refractivity contribution is -0.123. The molecule has 2 heterocycles. The fourth-order valence-corrected chi connectivity index (χ4v) is 2.48. The highest BCUT2D eigenvalue weighted by Gasteiger charge is 2.38. The molecule has 2 fully saturated rings. The average Bonchev–Trinajstić information content (AvgIpc) is 3.24. The van der Waals surface area contributed by atoms with Crippen LogP contribution in [0, 0.1) is 5.92 Å². The molecule has 1 aliphatic carbocycles. The Balaban J connectivity index is 1.77. The summed E-state index contributed by atoms with van der Waals surface area (Å²) in [7, 11) is 1.55. The second-order valence-corrected chi connectivity index (χ2v) is 5.27. The highest BCUT2D eigenvalue weighted by molar-refractivity contribution is 5.84. The summed E-state index contributed by atoms with van der Waals surface area (Å²) in [5, 5.41) is 5.87. The molecular weight excluding hydrogens is 258 g/mol. The van der Waals surface area contributed by atoms with Gasteiger partial charge in [-0.05, 0) is 24.5 Å². The van der Waals surface area contributed by atoms with E-state index in [1.807, 2.05) is 6.07 Å². The summed E-state index contributed by atoms with van der Waals surface area (Å²) in [6, 6.07) is 3.19. The maximum Gasteiger partial charge on any atom is 0.223 e. The number of pyridine rings is 1. The molecule has 2 amide bonds. The van der Waals surface area contributed by atoms with Crippen molar-refractivity contribution in [3.05, 3.63) is 23.9 Å². The number of amides is 2.